The van der Waals surface area contributed by atoms with Gasteiger partial charge in [0.15, 0.2) is 6.04 Å². The Morgan fingerprint density at radius 3 is 2.37 bits per heavy atom. The number of carbonyl (C=O) groups is 1. The van der Waals surface area contributed by atoms with Crippen molar-refractivity contribution in [1.29, 1.82) is 0 Å². The number of amides is 1. The van der Waals surface area contributed by atoms with Gasteiger partial charge in [-0.3, -0.25) is 25.0 Å². The Labute approximate surface area is 104 Å². The van der Waals surface area contributed by atoms with Gasteiger partial charge in [-0.05, 0) is 0 Å². The van der Waals surface area contributed by atoms with Crippen LogP contribution in [0.3, 0.4) is 0 Å². The first-order valence-electron chi connectivity index (χ1n) is 4.95. The SMILES string of the molecule is CN1C(=O)C(N=O)c2cc([N+](=O)[O-])cc([N+](=O)[O-])c21. The summed E-state index contributed by atoms with van der Waals surface area (Å²) in [6.45, 7) is 0. The summed E-state index contributed by atoms with van der Waals surface area (Å²) in [6.07, 6.45) is 0. The molecule has 0 aliphatic carbocycles. The van der Waals surface area contributed by atoms with Crippen LogP contribution < -0.4 is 4.90 Å². The molecule has 0 aromatic heterocycles. The van der Waals surface area contributed by atoms with E-state index in [9.17, 15) is 29.9 Å². The van der Waals surface area contributed by atoms with Crippen LogP contribution in [0.5, 0.6) is 0 Å². The zero-order valence-corrected chi connectivity index (χ0v) is 9.47. The molecule has 1 aliphatic heterocycles. The number of hydrogen-bond acceptors (Lipinski definition) is 7. The fourth-order valence-corrected chi connectivity index (χ4v) is 1.97. The van der Waals surface area contributed by atoms with Crippen LogP contribution in [0.25, 0.3) is 0 Å². The molecule has 0 radical (unpaired) electrons. The first-order valence-corrected chi connectivity index (χ1v) is 4.95. The molecule has 2 rings (SSSR count). The number of hydrogen-bond donors (Lipinski definition) is 0. The molecule has 0 bridgehead atoms. The lowest BCUT2D eigenvalue weighted by Crippen LogP contribution is -2.23. The summed E-state index contributed by atoms with van der Waals surface area (Å²) in [5, 5.41) is 24.2. The smallest absolute Gasteiger partial charge is 0.300 e. The van der Waals surface area contributed by atoms with E-state index in [2.05, 4.69) is 5.18 Å². The molecule has 10 heteroatoms. The zero-order valence-electron chi connectivity index (χ0n) is 9.47. The minimum atomic E-state index is -1.49. The molecule has 0 fully saturated rings. The second-order valence-electron chi connectivity index (χ2n) is 3.82. The molecule has 1 aliphatic rings. The van der Waals surface area contributed by atoms with Gasteiger partial charge in [0.1, 0.15) is 5.69 Å². The number of carbonyl (C=O) groups excluding carboxylic acids is 1. The Morgan fingerprint density at radius 1 is 1.26 bits per heavy atom. The summed E-state index contributed by atoms with van der Waals surface area (Å²) in [7, 11) is 1.24. The van der Waals surface area contributed by atoms with Crippen molar-refractivity contribution in [2.75, 3.05) is 11.9 Å². The summed E-state index contributed by atoms with van der Waals surface area (Å²) in [5.74, 6) is -0.756. The van der Waals surface area contributed by atoms with Crippen LogP contribution in [0.4, 0.5) is 17.1 Å². The lowest BCUT2D eigenvalue weighted by Gasteiger charge is -2.09. The predicted octanol–water partition coefficient (Wildman–Crippen LogP) is 1.29. The molecule has 0 spiro atoms. The number of nitro groups is 2. The van der Waals surface area contributed by atoms with Crippen molar-refractivity contribution in [2.45, 2.75) is 6.04 Å². The first kappa shape index (κ1) is 12.5. The maximum Gasteiger partial charge on any atom is 0.300 e. The number of fused-ring (bicyclic) bond motifs is 1. The minimum Gasteiger partial charge on any atom is -0.307 e. The third-order valence-corrected chi connectivity index (χ3v) is 2.81. The fourth-order valence-electron chi connectivity index (χ4n) is 1.97. The molecule has 1 aromatic carbocycles. The van der Waals surface area contributed by atoms with Crippen LogP contribution in [0.1, 0.15) is 11.6 Å². The van der Waals surface area contributed by atoms with Crippen LogP contribution in [0.15, 0.2) is 17.3 Å². The minimum absolute atomic E-state index is 0.122. The van der Waals surface area contributed by atoms with Crippen LogP contribution in [-0.4, -0.2) is 22.8 Å². The Bertz CT molecular complexity index is 627. The summed E-state index contributed by atoms with van der Waals surface area (Å²) >= 11 is 0. The molecule has 98 valence electrons. The highest BCUT2D eigenvalue weighted by Crippen LogP contribution is 2.45. The van der Waals surface area contributed by atoms with Crippen LogP contribution in [-0.2, 0) is 4.79 Å². The third kappa shape index (κ3) is 1.69. The Morgan fingerprint density at radius 2 is 1.89 bits per heavy atom. The second kappa shape index (κ2) is 4.08. The number of nitroso groups, excluding NO2 is 1. The first-order chi connectivity index (χ1) is 8.88. The van der Waals surface area contributed by atoms with E-state index in [4.69, 9.17) is 0 Å². The average molecular weight is 266 g/mol. The maximum absolute atomic E-state index is 11.7. The number of rotatable bonds is 3. The molecular formula is C9H6N4O6. The van der Waals surface area contributed by atoms with Crippen molar-refractivity contribution in [3.63, 3.8) is 0 Å². The maximum atomic E-state index is 11.7. The quantitative estimate of drug-likeness (QED) is 0.459. The van der Waals surface area contributed by atoms with E-state index in [0.717, 1.165) is 17.0 Å². The molecule has 1 aromatic rings. The topological polar surface area (TPSA) is 136 Å². The highest BCUT2D eigenvalue weighted by Gasteiger charge is 2.43. The van der Waals surface area contributed by atoms with E-state index < -0.39 is 33.2 Å². The van der Waals surface area contributed by atoms with Crippen LogP contribution >= 0.6 is 0 Å². The third-order valence-electron chi connectivity index (χ3n) is 2.81. The number of nitro benzene ring substituents is 2. The van der Waals surface area contributed by atoms with Crippen molar-refractivity contribution < 1.29 is 14.6 Å². The van der Waals surface area contributed by atoms with Gasteiger partial charge in [0.2, 0.25) is 0 Å². The van der Waals surface area contributed by atoms with Crippen molar-refractivity contribution in [3.8, 4) is 0 Å². The highest BCUT2D eigenvalue weighted by molar-refractivity contribution is 6.07. The molecule has 0 saturated carbocycles. The largest absolute Gasteiger partial charge is 0.307 e. The normalized spacial score (nSPS) is 17.2. The summed E-state index contributed by atoms with van der Waals surface area (Å²) in [4.78, 5) is 43.2. The summed E-state index contributed by atoms with van der Waals surface area (Å²) in [5.41, 5.74) is -1.43. The lowest BCUT2D eigenvalue weighted by atomic mass is 10.1. The number of benzene rings is 1. The van der Waals surface area contributed by atoms with Gasteiger partial charge < -0.3 is 4.90 Å². The molecule has 10 nitrogen and oxygen atoms in total. The van der Waals surface area contributed by atoms with E-state index in [-0.39, 0.29) is 11.3 Å². The Balaban J connectivity index is 2.79. The standard InChI is InChI=1S/C9H6N4O6/c1-11-8-5(7(10-15)9(11)14)2-4(12(16)17)3-6(8)13(18)19/h2-3,7H,1H3. The van der Waals surface area contributed by atoms with E-state index >= 15 is 0 Å². The number of likely N-dealkylation sites (N-methyl/N-ethyl adjacent to an activating group) is 1. The van der Waals surface area contributed by atoms with Gasteiger partial charge in [0, 0.05) is 18.7 Å². The van der Waals surface area contributed by atoms with E-state index in [0.29, 0.717) is 0 Å². The van der Waals surface area contributed by atoms with Gasteiger partial charge in [0.25, 0.3) is 17.3 Å². The fraction of sp³-hybridized carbons (Fsp3) is 0.222. The van der Waals surface area contributed by atoms with Gasteiger partial charge in [-0.15, -0.1) is 4.91 Å². The van der Waals surface area contributed by atoms with Gasteiger partial charge in [-0.25, -0.2) is 0 Å². The van der Waals surface area contributed by atoms with Gasteiger partial charge in [0.05, 0.1) is 15.9 Å². The molecule has 19 heavy (non-hydrogen) atoms. The van der Waals surface area contributed by atoms with Crippen molar-refractivity contribution in [2.24, 2.45) is 5.18 Å². The van der Waals surface area contributed by atoms with E-state index in [1.54, 1.807) is 0 Å². The Hall–Kier alpha value is -2.91. The van der Waals surface area contributed by atoms with Gasteiger partial charge in [-0.2, -0.15) is 0 Å². The molecule has 1 amide bonds. The number of anilines is 1. The van der Waals surface area contributed by atoms with Gasteiger partial charge in [-0.1, -0.05) is 5.18 Å². The number of nitrogens with zero attached hydrogens (tertiary/aromatic N) is 4. The van der Waals surface area contributed by atoms with Crippen LogP contribution in [0, 0.1) is 25.1 Å². The van der Waals surface area contributed by atoms with Crippen molar-refractivity contribution in [3.05, 3.63) is 42.8 Å². The lowest BCUT2D eigenvalue weighted by molar-refractivity contribution is -0.393. The van der Waals surface area contributed by atoms with E-state index in [1.807, 2.05) is 0 Å². The predicted molar refractivity (Wildman–Crippen MR) is 61.7 cm³/mol. The molecule has 1 heterocycles. The van der Waals surface area contributed by atoms with Crippen molar-refractivity contribution in [1.82, 2.24) is 0 Å². The molecule has 0 saturated heterocycles. The summed E-state index contributed by atoms with van der Waals surface area (Å²) < 4.78 is 0. The molecular weight excluding hydrogens is 260 g/mol. The van der Waals surface area contributed by atoms with Crippen molar-refractivity contribution >= 4 is 23.0 Å². The molecule has 0 N–H and O–H groups in total. The Kier molecular flexibility index (Phi) is 2.70. The summed E-state index contributed by atoms with van der Waals surface area (Å²) in [6, 6.07) is 0.213. The molecule has 1 atom stereocenters. The highest BCUT2D eigenvalue weighted by atomic mass is 16.6. The zero-order chi connectivity index (χ0) is 14.3. The monoisotopic (exact) mass is 266 g/mol. The molecule has 1 unspecified atom stereocenters. The number of non-ortho nitro benzene ring substituents is 1. The van der Waals surface area contributed by atoms with Gasteiger partial charge >= 0.3 is 0 Å². The van der Waals surface area contributed by atoms with E-state index in [1.165, 1.54) is 7.05 Å². The second-order valence-corrected chi connectivity index (χ2v) is 3.82. The van der Waals surface area contributed by atoms with Crippen LogP contribution in [0.2, 0.25) is 0 Å². The average Bonchev–Trinajstić information content (AvgIpc) is 2.60.